The van der Waals surface area contributed by atoms with Crippen LogP contribution in [-0.2, 0) is 4.79 Å². The molecule has 0 saturated carbocycles. The maximum absolute atomic E-state index is 10.8. The second kappa shape index (κ2) is 6.31. The van der Waals surface area contributed by atoms with E-state index in [0.29, 0.717) is 16.0 Å². The van der Waals surface area contributed by atoms with E-state index in [1.165, 1.54) is 5.69 Å². The fourth-order valence-electron chi connectivity index (χ4n) is 2.93. The standard InChI is InChI=1S/C16H17Cl2N3O/c1-11-8-16(12-4-6-20(10-22)7-5-12)21(19-11)13-2-3-14(17)15(18)9-13/h2-3,8-10,12H,4-7H2,1H3. The number of hydrogen-bond donors (Lipinski definition) is 0. The van der Waals surface area contributed by atoms with Gasteiger partial charge in [0.2, 0.25) is 6.41 Å². The Morgan fingerprint density at radius 3 is 2.55 bits per heavy atom. The van der Waals surface area contributed by atoms with E-state index >= 15 is 0 Å². The Hall–Kier alpha value is -1.52. The Morgan fingerprint density at radius 1 is 1.18 bits per heavy atom. The molecule has 1 aliphatic heterocycles. The van der Waals surface area contributed by atoms with Gasteiger partial charge in [-0.1, -0.05) is 23.2 Å². The molecular weight excluding hydrogens is 321 g/mol. The first-order valence-electron chi connectivity index (χ1n) is 7.30. The summed E-state index contributed by atoms with van der Waals surface area (Å²) in [5, 5.41) is 5.66. The molecule has 0 aliphatic carbocycles. The Morgan fingerprint density at radius 2 is 1.91 bits per heavy atom. The van der Waals surface area contributed by atoms with Crippen LogP contribution in [-0.4, -0.2) is 34.2 Å². The average Bonchev–Trinajstić information content (AvgIpc) is 2.92. The normalized spacial score (nSPS) is 16.0. The number of piperidine rings is 1. The van der Waals surface area contributed by atoms with Crippen LogP contribution in [0.5, 0.6) is 0 Å². The number of rotatable bonds is 3. The summed E-state index contributed by atoms with van der Waals surface area (Å²) in [6, 6.07) is 7.66. The molecule has 22 heavy (non-hydrogen) atoms. The highest BCUT2D eigenvalue weighted by Gasteiger charge is 2.23. The van der Waals surface area contributed by atoms with Gasteiger partial charge in [0, 0.05) is 24.7 Å². The molecule has 1 amide bonds. The van der Waals surface area contributed by atoms with Crippen molar-refractivity contribution in [1.29, 1.82) is 0 Å². The molecular formula is C16H17Cl2N3O. The van der Waals surface area contributed by atoms with E-state index in [-0.39, 0.29) is 0 Å². The predicted octanol–water partition coefficient (Wildman–Crippen LogP) is 3.82. The summed E-state index contributed by atoms with van der Waals surface area (Å²) in [6.45, 7) is 3.57. The van der Waals surface area contributed by atoms with Crippen molar-refractivity contribution in [2.24, 2.45) is 0 Å². The lowest BCUT2D eigenvalue weighted by Gasteiger charge is -2.29. The van der Waals surface area contributed by atoms with Gasteiger partial charge in [-0.25, -0.2) is 4.68 Å². The second-order valence-electron chi connectivity index (χ2n) is 5.64. The molecule has 0 atom stereocenters. The van der Waals surface area contributed by atoms with Crippen LogP contribution in [0, 0.1) is 6.92 Å². The number of likely N-dealkylation sites (tertiary alicyclic amines) is 1. The van der Waals surface area contributed by atoms with Crippen molar-refractivity contribution < 1.29 is 4.79 Å². The molecule has 3 rings (SSSR count). The fraction of sp³-hybridized carbons (Fsp3) is 0.375. The average molecular weight is 338 g/mol. The van der Waals surface area contributed by atoms with Crippen LogP contribution < -0.4 is 0 Å². The number of aryl methyl sites for hydroxylation is 1. The van der Waals surface area contributed by atoms with Crippen molar-refractivity contribution in [3.05, 3.63) is 45.7 Å². The molecule has 1 saturated heterocycles. The highest BCUT2D eigenvalue weighted by Crippen LogP contribution is 2.31. The summed E-state index contributed by atoms with van der Waals surface area (Å²) in [5.41, 5.74) is 3.05. The number of benzene rings is 1. The number of carbonyl (C=O) groups excluding carboxylic acids is 1. The number of carbonyl (C=O) groups is 1. The van der Waals surface area contributed by atoms with Crippen LogP contribution in [0.15, 0.2) is 24.3 Å². The van der Waals surface area contributed by atoms with Crippen LogP contribution in [0.3, 0.4) is 0 Å². The van der Waals surface area contributed by atoms with Crippen molar-refractivity contribution in [2.45, 2.75) is 25.7 Å². The third-order valence-corrected chi connectivity index (χ3v) is 4.84. The Kier molecular flexibility index (Phi) is 4.41. The van der Waals surface area contributed by atoms with Gasteiger partial charge < -0.3 is 4.90 Å². The summed E-state index contributed by atoms with van der Waals surface area (Å²) in [5.74, 6) is 0.395. The quantitative estimate of drug-likeness (QED) is 0.798. The Labute approximate surface area is 139 Å². The summed E-state index contributed by atoms with van der Waals surface area (Å²) < 4.78 is 1.94. The minimum Gasteiger partial charge on any atom is -0.345 e. The first-order valence-corrected chi connectivity index (χ1v) is 8.05. The molecule has 2 heterocycles. The maximum atomic E-state index is 10.8. The number of hydrogen-bond acceptors (Lipinski definition) is 2. The largest absolute Gasteiger partial charge is 0.345 e. The molecule has 1 aliphatic rings. The van der Waals surface area contributed by atoms with Crippen molar-refractivity contribution in [2.75, 3.05) is 13.1 Å². The van der Waals surface area contributed by atoms with E-state index in [4.69, 9.17) is 23.2 Å². The topological polar surface area (TPSA) is 38.1 Å². The van der Waals surface area contributed by atoms with Gasteiger partial charge in [0.15, 0.2) is 0 Å². The zero-order valence-corrected chi connectivity index (χ0v) is 13.8. The van der Waals surface area contributed by atoms with E-state index in [1.54, 1.807) is 6.07 Å². The molecule has 0 radical (unpaired) electrons. The van der Waals surface area contributed by atoms with Crippen LogP contribution in [0.4, 0.5) is 0 Å². The Balaban J connectivity index is 1.93. The second-order valence-corrected chi connectivity index (χ2v) is 6.45. The molecule has 4 nitrogen and oxygen atoms in total. The van der Waals surface area contributed by atoms with E-state index in [2.05, 4.69) is 11.2 Å². The maximum Gasteiger partial charge on any atom is 0.209 e. The molecule has 116 valence electrons. The highest BCUT2D eigenvalue weighted by molar-refractivity contribution is 6.42. The molecule has 6 heteroatoms. The van der Waals surface area contributed by atoms with Crippen LogP contribution >= 0.6 is 23.2 Å². The molecule has 2 aromatic rings. The SMILES string of the molecule is Cc1cc(C2CCN(C=O)CC2)n(-c2ccc(Cl)c(Cl)c2)n1. The van der Waals surface area contributed by atoms with Crippen LogP contribution in [0.25, 0.3) is 5.69 Å². The summed E-state index contributed by atoms with van der Waals surface area (Å²) in [7, 11) is 0. The van der Waals surface area contributed by atoms with Crippen LogP contribution in [0.2, 0.25) is 10.0 Å². The lowest BCUT2D eigenvalue weighted by Crippen LogP contribution is -2.32. The van der Waals surface area contributed by atoms with E-state index in [9.17, 15) is 4.79 Å². The first-order chi connectivity index (χ1) is 10.6. The van der Waals surface area contributed by atoms with Gasteiger partial charge in [-0.15, -0.1) is 0 Å². The summed E-state index contributed by atoms with van der Waals surface area (Å²) in [6.07, 6.45) is 2.83. The molecule has 0 spiro atoms. The van der Waals surface area contributed by atoms with Gasteiger partial charge in [0.05, 0.1) is 21.4 Å². The molecule has 0 unspecified atom stereocenters. The zero-order valence-electron chi connectivity index (χ0n) is 12.3. The predicted molar refractivity (Wildman–Crippen MR) is 87.9 cm³/mol. The van der Waals surface area contributed by atoms with Gasteiger partial charge in [0.25, 0.3) is 0 Å². The molecule has 1 fully saturated rings. The molecule has 0 N–H and O–H groups in total. The third kappa shape index (κ3) is 2.99. The minimum atomic E-state index is 0.395. The molecule has 1 aromatic carbocycles. The summed E-state index contributed by atoms with van der Waals surface area (Å²) >= 11 is 12.1. The zero-order chi connectivity index (χ0) is 15.7. The smallest absolute Gasteiger partial charge is 0.209 e. The van der Waals surface area contributed by atoms with E-state index in [1.807, 2.05) is 28.6 Å². The van der Waals surface area contributed by atoms with Gasteiger partial charge in [-0.3, -0.25) is 4.79 Å². The minimum absolute atomic E-state index is 0.395. The van der Waals surface area contributed by atoms with Gasteiger partial charge in [-0.2, -0.15) is 5.10 Å². The third-order valence-electron chi connectivity index (χ3n) is 4.10. The molecule has 0 bridgehead atoms. The van der Waals surface area contributed by atoms with Crippen molar-refractivity contribution in [3.63, 3.8) is 0 Å². The first kappa shape index (κ1) is 15.4. The van der Waals surface area contributed by atoms with Crippen molar-refractivity contribution in [1.82, 2.24) is 14.7 Å². The van der Waals surface area contributed by atoms with Crippen molar-refractivity contribution >= 4 is 29.6 Å². The lowest BCUT2D eigenvalue weighted by atomic mass is 9.93. The fourth-order valence-corrected chi connectivity index (χ4v) is 3.23. The monoisotopic (exact) mass is 337 g/mol. The number of aromatic nitrogens is 2. The summed E-state index contributed by atoms with van der Waals surface area (Å²) in [4.78, 5) is 12.7. The highest BCUT2D eigenvalue weighted by atomic mass is 35.5. The number of nitrogens with zero attached hydrogens (tertiary/aromatic N) is 3. The number of amides is 1. The number of halogens is 2. The lowest BCUT2D eigenvalue weighted by molar-refractivity contribution is -0.119. The van der Waals surface area contributed by atoms with E-state index < -0.39 is 0 Å². The van der Waals surface area contributed by atoms with E-state index in [0.717, 1.165) is 43.7 Å². The Bertz CT molecular complexity index is 691. The molecule has 1 aromatic heterocycles. The van der Waals surface area contributed by atoms with Gasteiger partial charge in [0.1, 0.15) is 0 Å². The van der Waals surface area contributed by atoms with Crippen molar-refractivity contribution in [3.8, 4) is 5.69 Å². The van der Waals surface area contributed by atoms with Gasteiger partial charge in [-0.05, 0) is 44.0 Å². The van der Waals surface area contributed by atoms with Crippen LogP contribution in [0.1, 0.15) is 30.1 Å². The van der Waals surface area contributed by atoms with Gasteiger partial charge >= 0.3 is 0 Å².